The summed E-state index contributed by atoms with van der Waals surface area (Å²) in [5, 5.41) is 13.2. The van der Waals surface area contributed by atoms with E-state index in [9.17, 15) is 5.11 Å². The molecule has 0 spiro atoms. The molecular formula is C11H25NO3. The maximum absolute atomic E-state index is 10.0. The van der Waals surface area contributed by atoms with Crippen LogP contribution < -0.4 is 5.32 Å². The molecule has 4 nitrogen and oxygen atoms in total. The molecule has 0 aliphatic rings. The van der Waals surface area contributed by atoms with Gasteiger partial charge in [-0.25, -0.2) is 0 Å². The molecule has 4 heteroatoms. The molecule has 1 unspecified atom stereocenters. The van der Waals surface area contributed by atoms with E-state index in [-0.39, 0.29) is 6.10 Å². The Morgan fingerprint density at radius 3 is 2.27 bits per heavy atom. The average molecular weight is 219 g/mol. The van der Waals surface area contributed by atoms with Crippen LogP contribution in [-0.2, 0) is 9.47 Å². The fraction of sp³-hybridized carbons (Fsp3) is 1.00. The van der Waals surface area contributed by atoms with Crippen molar-refractivity contribution in [3.63, 3.8) is 0 Å². The van der Waals surface area contributed by atoms with Gasteiger partial charge in [-0.3, -0.25) is 0 Å². The van der Waals surface area contributed by atoms with Gasteiger partial charge in [0.2, 0.25) is 0 Å². The molecule has 0 rings (SSSR count). The monoisotopic (exact) mass is 219 g/mol. The smallest absolute Gasteiger partial charge is 0.0928 e. The number of nitrogens with one attached hydrogen (secondary N) is 1. The predicted molar refractivity (Wildman–Crippen MR) is 61.1 cm³/mol. The minimum Gasteiger partial charge on any atom is -0.389 e. The van der Waals surface area contributed by atoms with Crippen LogP contribution in [0.3, 0.4) is 0 Å². The molecule has 0 saturated heterocycles. The lowest BCUT2D eigenvalue weighted by molar-refractivity contribution is 0.0109. The average Bonchev–Trinajstić information content (AvgIpc) is 2.27. The van der Waals surface area contributed by atoms with Gasteiger partial charge in [-0.2, -0.15) is 0 Å². The fourth-order valence-electron chi connectivity index (χ4n) is 1.36. The first-order valence-corrected chi connectivity index (χ1v) is 5.56. The van der Waals surface area contributed by atoms with E-state index in [4.69, 9.17) is 9.47 Å². The Balaban J connectivity index is 3.75. The summed E-state index contributed by atoms with van der Waals surface area (Å²) in [6.07, 6.45) is 1.57. The van der Waals surface area contributed by atoms with Gasteiger partial charge >= 0.3 is 0 Å². The second-order valence-electron chi connectivity index (χ2n) is 3.88. The molecule has 1 atom stereocenters. The van der Waals surface area contributed by atoms with Crippen molar-refractivity contribution < 1.29 is 14.6 Å². The normalized spacial score (nSPS) is 14.2. The van der Waals surface area contributed by atoms with Gasteiger partial charge in [0.05, 0.1) is 18.3 Å². The summed E-state index contributed by atoms with van der Waals surface area (Å²) in [6.45, 7) is 5.86. The van der Waals surface area contributed by atoms with Crippen LogP contribution in [-0.4, -0.2) is 50.7 Å². The molecule has 0 heterocycles. The van der Waals surface area contributed by atoms with Crippen molar-refractivity contribution in [3.8, 4) is 0 Å². The molecule has 0 amide bonds. The van der Waals surface area contributed by atoms with E-state index >= 15 is 0 Å². The molecule has 0 fully saturated rings. The van der Waals surface area contributed by atoms with Gasteiger partial charge in [0, 0.05) is 27.3 Å². The summed E-state index contributed by atoms with van der Waals surface area (Å²) >= 11 is 0. The highest BCUT2D eigenvalue weighted by molar-refractivity contribution is 4.78. The van der Waals surface area contributed by atoms with Gasteiger partial charge in [0.1, 0.15) is 0 Å². The van der Waals surface area contributed by atoms with Gasteiger partial charge in [-0.15, -0.1) is 0 Å². The van der Waals surface area contributed by atoms with Crippen molar-refractivity contribution in [1.29, 1.82) is 0 Å². The van der Waals surface area contributed by atoms with Crippen LogP contribution >= 0.6 is 0 Å². The maximum atomic E-state index is 10.0. The number of hydrogen-bond acceptors (Lipinski definition) is 4. The Labute approximate surface area is 93.0 Å². The summed E-state index contributed by atoms with van der Waals surface area (Å²) in [5.41, 5.74) is -0.592. The van der Waals surface area contributed by atoms with Crippen LogP contribution in [0.5, 0.6) is 0 Å². The van der Waals surface area contributed by atoms with E-state index in [1.54, 1.807) is 14.2 Å². The number of hydrogen-bond donors (Lipinski definition) is 2. The Hall–Kier alpha value is -0.160. The molecule has 0 aliphatic heterocycles. The molecule has 0 aromatic carbocycles. The molecule has 0 aromatic heterocycles. The van der Waals surface area contributed by atoms with Crippen LogP contribution in [0, 0.1) is 0 Å². The third-order valence-electron chi connectivity index (χ3n) is 2.83. The van der Waals surface area contributed by atoms with Crippen molar-refractivity contribution in [2.75, 3.05) is 33.9 Å². The van der Waals surface area contributed by atoms with Crippen LogP contribution in [0.15, 0.2) is 0 Å². The first-order valence-electron chi connectivity index (χ1n) is 5.56. The third kappa shape index (κ3) is 6.10. The van der Waals surface area contributed by atoms with Crippen molar-refractivity contribution in [2.45, 2.75) is 38.4 Å². The number of rotatable bonds is 9. The van der Waals surface area contributed by atoms with Gasteiger partial charge in [0.25, 0.3) is 0 Å². The summed E-state index contributed by atoms with van der Waals surface area (Å²) in [5.74, 6) is 0. The molecule has 0 bridgehead atoms. The summed E-state index contributed by atoms with van der Waals surface area (Å²) < 4.78 is 10.2. The Bertz CT molecular complexity index is 149. The van der Waals surface area contributed by atoms with E-state index in [1.807, 2.05) is 13.8 Å². The van der Waals surface area contributed by atoms with Crippen LogP contribution in [0.25, 0.3) is 0 Å². The fourth-order valence-corrected chi connectivity index (χ4v) is 1.36. The maximum Gasteiger partial charge on any atom is 0.0928 e. The molecule has 92 valence electrons. The van der Waals surface area contributed by atoms with E-state index in [2.05, 4.69) is 5.32 Å². The van der Waals surface area contributed by atoms with Gasteiger partial charge in [0.15, 0.2) is 0 Å². The van der Waals surface area contributed by atoms with Crippen LogP contribution in [0.2, 0.25) is 0 Å². The van der Waals surface area contributed by atoms with Gasteiger partial charge in [-0.1, -0.05) is 13.8 Å². The zero-order valence-corrected chi connectivity index (χ0v) is 10.4. The standard InChI is InChI=1S/C11H25NO3/c1-5-11(13,6-2)9-12-7-10(15-4)8-14-3/h10,12-13H,5-9H2,1-4H3. The highest BCUT2D eigenvalue weighted by Crippen LogP contribution is 2.12. The molecule has 0 aliphatic carbocycles. The topological polar surface area (TPSA) is 50.7 Å². The van der Waals surface area contributed by atoms with Gasteiger partial charge in [-0.05, 0) is 12.8 Å². The second-order valence-corrected chi connectivity index (χ2v) is 3.88. The van der Waals surface area contributed by atoms with Crippen LogP contribution in [0.4, 0.5) is 0 Å². The minimum absolute atomic E-state index is 0.0490. The second kappa shape index (κ2) is 8.05. The number of methoxy groups -OCH3 is 2. The van der Waals surface area contributed by atoms with Crippen LogP contribution in [0.1, 0.15) is 26.7 Å². The molecule has 0 saturated carbocycles. The van der Waals surface area contributed by atoms with E-state index in [1.165, 1.54) is 0 Å². The first-order chi connectivity index (χ1) is 7.11. The largest absolute Gasteiger partial charge is 0.389 e. The van der Waals surface area contributed by atoms with E-state index < -0.39 is 5.60 Å². The quantitative estimate of drug-likeness (QED) is 0.602. The Morgan fingerprint density at radius 2 is 1.87 bits per heavy atom. The minimum atomic E-state index is -0.592. The first kappa shape index (κ1) is 14.8. The molecule has 2 N–H and O–H groups in total. The van der Waals surface area contributed by atoms with Crippen molar-refractivity contribution in [1.82, 2.24) is 5.32 Å². The zero-order chi connectivity index (χ0) is 11.7. The summed E-state index contributed by atoms with van der Waals surface area (Å²) in [6, 6.07) is 0. The number of ether oxygens (including phenoxy) is 2. The highest BCUT2D eigenvalue weighted by atomic mass is 16.5. The summed E-state index contributed by atoms with van der Waals surface area (Å²) in [7, 11) is 3.32. The lowest BCUT2D eigenvalue weighted by atomic mass is 9.97. The SMILES string of the molecule is CCC(O)(CC)CNCC(COC)OC. The Kier molecular flexibility index (Phi) is 7.96. The Morgan fingerprint density at radius 1 is 1.27 bits per heavy atom. The van der Waals surface area contributed by atoms with Crippen molar-refractivity contribution in [2.24, 2.45) is 0 Å². The van der Waals surface area contributed by atoms with Crippen molar-refractivity contribution >= 4 is 0 Å². The summed E-state index contributed by atoms with van der Waals surface area (Å²) in [4.78, 5) is 0. The molecular weight excluding hydrogens is 194 g/mol. The lowest BCUT2D eigenvalue weighted by Gasteiger charge is -2.26. The lowest BCUT2D eigenvalue weighted by Crippen LogP contribution is -2.43. The highest BCUT2D eigenvalue weighted by Gasteiger charge is 2.21. The molecule has 0 radical (unpaired) electrons. The van der Waals surface area contributed by atoms with E-state index in [0.717, 1.165) is 12.8 Å². The third-order valence-corrected chi connectivity index (χ3v) is 2.83. The zero-order valence-electron chi connectivity index (χ0n) is 10.4. The van der Waals surface area contributed by atoms with E-state index in [0.29, 0.717) is 19.7 Å². The number of aliphatic hydroxyl groups is 1. The molecule has 0 aromatic rings. The molecule has 15 heavy (non-hydrogen) atoms. The van der Waals surface area contributed by atoms with Crippen molar-refractivity contribution in [3.05, 3.63) is 0 Å². The van der Waals surface area contributed by atoms with Gasteiger partial charge < -0.3 is 19.9 Å². The predicted octanol–water partition coefficient (Wildman–Crippen LogP) is 0.788.